The molecular formula is C59H41N3O6. The quantitative estimate of drug-likeness (QED) is 0.111. The van der Waals surface area contributed by atoms with Gasteiger partial charge in [0.05, 0.1) is 50.2 Å². The van der Waals surface area contributed by atoms with E-state index in [2.05, 4.69) is 118 Å². The number of methoxy groups -OCH3 is 2. The standard InChI is InChI=1S/C59H41N3O6/c1-63-53-26-36(13-19-50(53)52-12-7-25-65-52)28-58-61-33-56(67-58)48-10-5-3-8-42(48)38-15-21-44-40(30-38)17-23-47-45-22-16-39(31-41(45)18-24-46(44)47)43-9-4-6-11-49(43)57-34-62-59(68-57)29-37-14-20-51(54(27-37)64-2)55-32-60-35-66-55/h3-27,30-35H,28-29H2,1-2H3. The zero-order valence-corrected chi connectivity index (χ0v) is 37.1. The molecule has 0 aliphatic carbocycles. The van der Waals surface area contributed by atoms with Gasteiger partial charge < -0.3 is 27.1 Å². The lowest BCUT2D eigenvalue weighted by molar-refractivity contribution is 0.414. The third-order valence-corrected chi connectivity index (χ3v) is 12.7. The largest absolute Gasteiger partial charge is 0.496 e. The summed E-state index contributed by atoms with van der Waals surface area (Å²) in [5.41, 5.74) is 10.1. The van der Waals surface area contributed by atoms with Gasteiger partial charge in [0.1, 0.15) is 17.3 Å². The van der Waals surface area contributed by atoms with Gasteiger partial charge in [0.15, 0.2) is 35.5 Å². The summed E-state index contributed by atoms with van der Waals surface area (Å²) in [6.07, 6.45) is 9.41. The van der Waals surface area contributed by atoms with Crippen molar-refractivity contribution < 1.29 is 27.1 Å². The summed E-state index contributed by atoms with van der Waals surface area (Å²) in [5, 5.41) is 7.12. The van der Waals surface area contributed by atoms with Crippen LogP contribution < -0.4 is 9.47 Å². The molecule has 0 radical (unpaired) electrons. The van der Waals surface area contributed by atoms with E-state index in [9.17, 15) is 0 Å². The van der Waals surface area contributed by atoms with Crippen LogP contribution in [0.15, 0.2) is 207 Å². The number of ether oxygens (including phenoxy) is 2. The second kappa shape index (κ2) is 17.1. The molecular weight excluding hydrogens is 847 g/mol. The minimum absolute atomic E-state index is 0.507. The summed E-state index contributed by atoms with van der Waals surface area (Å²) >= 11 is 0. The molecule has 9 heteroatoms. The average Bonchev–Trinajstić information content (AvgIpc) is 4.26. The van der Waals surface area contributed by atoms with Crippen molar-refractivity contribution in [1.82, 2.24) is 15.0 Å². The number of furan rings is 1. The Morgan fingerprint density at radius 2 is 0.926 bits per heavy atom. The van der Waals surface area contributed by atoms with Crippen LogP contribution in [-0.4, -0.2) is 29.2 Å². The van der Waals surface area contributed by atoms with Crippen molar-refractivity contribution in [3.05, 3.63) is 212 Å². The number of aromatic nitrogens is 3. The molecule has 0 fully saturated rings. The second-order valence-corrected chi connectivity index (χ2v) is 16.7. The van der Waals surface area contributed by atoms with Crippen molar-refractivity contribution in [3.8, 4) is 79.0 Å². The van der Waals surface area contributed by atoms with E-state index in [1.165, 1.54) is 27.9 Å². The third-order valence-electron chi connectivity index (χ3n) is 12.7. The highest BCUT2D eigenvalue weighted by Crippen LogP contribution is 2.40. The Bertz CT molecular complexity index is 3540. The van der Waals surface area contributed by atoms with E-state index >= 15 is 0 Å². The predicted molar refractivity (Wildman–Crippen MR) is 266 cm³/mol. The second-order valence-electron chi connectivity index (χ2n) is 16.7. The van der Waals surface area contributed by atoms with E-state index in [1.54, 1.807) is 26.7 Å². The van der Waals surface area contributed by atoms with Crippen molar-refractivity contribution in [2.24, 2.45) is 0 Å². The SMILES string of the molecule is COc1cc(Cc2ncc(-c3ccccc3-c3ccc4c(ccc5c6ccc(-c7ccccc7-c7cnc(Cc8ccc(-c9cnco9)c(OC)c8)o7)cc6ccc45)c3)o2)ccc1-c1ccco1. The van der Waals surface area contributed by atoms with E-state index in [0.29, 0.717) is 41.9 Å². The molecule has 9 nitrogen and oxygen atoms in total. The maximum atomic E-state index is 6.42. The Morgan fingerprint density at radius 1 is 0.412 bits per heavy atom. The average molecular weight is 888 g/mol. The minimum atomic E-state index is 0.507. The van der Waals surface area contributed by atoms with Crippen molar-refractivity contribution >= 4 is 32.3 Å². The molecule has 8 aromatic carbocycles. The van der Waals surface area contributed by atoms with Crippen LogP contribution in [0.3, 0.4) is 0 Å². The number of nitrogens with zero attached hydrogens (tertiary/aromatic N) is 3. The van der Waals surface area contributed by atoms with E-state index in [1.807, 2.05) is 67.0 Å². The molecule has 0 saturated heterocycles. The summed E-state index contributed by atoms with van der Waals surface area (Å²) in [7, 11) is 3.31. The first-order valence-electron chi connectivity index (χ1n) is 22.3. The minimum Gasteiger partial charge on any atom is -0.496 e. The fourth-order valence-corrected chi connectivity index (χ4v) is 9.38. The van der Waals surface area contributed by atoms with Crippen LogP contribution in [0.1, 0.15) is 22.9 Å². The lowest BCUT2D eigenvalue weighted by Gasteiger charge is -2.13. The predicted octanol–water partition coefficient (Wildman–Crippen LogP) is 14.9. The molecule has 328 valence electrons. The van der Waals surface area contributed by atoms with Crippen LogP contribution in [0.25, 0.3) is 99.9 Å². The van der Waals surface area contributed by atoms with Gasteiger partial charge in [0.25, 0.3) is 0 Å². The van der Waals surface area contributed by atoms with Gasteiger partial charge in [0.2, 0.25) is 0 Å². The molecule has 0 unspecified atom stereocenters. The van der Waals surface area contributed by atoms with Crippen molar-refractivity contribution in [3.63, 3.8) is 0 Å². The Balaban J connectivity index is 0.802. The van der Waals surface area contributed by atoms with Crippen LogP contribution in [0, 0.1) is 0 Å². The van der Waals surface area contributed by atoms with E-state index < -0.39 is 0 Å². The number of hydrogen-bond acceptors (Lipinski definition) is 9. The topological polar surface area (TPSA) is 110 Å². The molecule has 0 aliphatic rings. The number of rotatable bonds is 12. The summed E-state index contributed by atoms with van der Waals surface area (Å²) in [6.45, 7) is 0. The molecule has 0 N–H and O–H groups in total. The first-order valence-corrected chi connectivity index (χ1v) is 22.3. The highest BCUT2D eigenvalue weighted by molar-refractivity contribution is 6.18. The highest BCUT2D eigenvalue weighted by atomic mass is 16.5. The van der Waals surface area contributed by atoms with Crippen LogP contribution in [-0.2, 0) is 12.8 Å². The maximum Gasteiger partial charge on any atom is 0.199 e. The van der Waals surface area contributed by atoms with E-state index in [-0.39, 0.29) is 0 Å². The molecule has 4 aromatic heterocycles. The fourth-order valence-electron chi connectivity index (χ4n) is 9.38. The van der Waals surface area contributed by atoms with Crippen LogP contribution >= 0.6 is 0 Å². The molecule has 12 rings (SSSR count). The molecule has 0 bridgehead atoms. The summed E-state index contributed by atoms with van der Waals surface area (Å²) < 4.78 is 35.3. The van der Waals surface area contributed by atoms with Gasteiger partial charge in [0, 0.05) is 24.0 Å². The third kappa shape index (κ3) is 7.46. The summed E-state index contributed by atoms with van der Waals surface area (Å²) in [4.78, 5) is 13.4. The van der Waals surface area contributed by atoms with Gasteiger partial charge in [-0.25, -0.2) is 15.0 Å². The maximum absolute atomic E-state index is 6.42. The fraction of sp³-hybridized carbons (Fsp3) is 0.0678. The van der Waals surface area contributed by atoms with Crippen LogP contribution in [0.5, 0.6) is 11.5 Å². The smallest absolute Gasteiger partial charge is 0.199 e. The molecule has 0 amide bonds. The first kappa shape index (κ1) is 40.6. The van der Waals surface area contributed by atoms with Gasteiger partial charge in [-0.15, -0.1) is 0 Å². The number of hydrogen-bond donors (Lipinski definition) is 0. The zero-order valence-electron chi connectivity index (χ0n) is 37.1. The van der Waals surface area contributed by atoms with E-state index in [4.69, 9.17) is 27.1 Å². The lowest BCUT2D eigenvalue weighted by Crippen LogP contribution is -1.92. The summed E-state index contributed by atoms with van der Waals surface area (Å²) in [6, 6.07) is 54.9. The number of benzene rings is 8. The Kier molecular flexibility index (Phi) is 10.2. The molecule has 0 saturated carbocycles. The van der Waals surface area contributed by atoms with Crippen molar-refractivity contribution in [1.29, 1.82) is 0 Å². The highest BCUT2D eigenvalue weighted by Gasteiger charge is 2.18. The molecule has 0 aliphatic heterocycles. The summed E-state index contributed by atoms with van der Waals surface area (Å²) in [5.74, 6) is 5.51. The Labute approximate surface area is 390 Å². The zero-order chi connectivity index (χ0) is 45.6. The van der Waals surface area contributed by atoms with Crippen molar-refractivity contribution in [2.75, 3.05) is 14.2 Å². The number of oxazole rings is 3. The van der Waals surface area contributed by atoms with Crippen molar-refractivity contribution in [2.45, 2.75) is 12.8 Å². The van der Waals surface area contributed by atoms with E-state index in [0.717, 1.165) is 83.7 Å². The van der Waals surface area contributed by atoms with Gasteiger partial charge in [-0.2, -0.15) is 0 Å². The van der Waals surface area contributed by atoms with Gasteiger partial charge >= 0.3 is 0 Å². The van der Waals surface area contributed by atoms with Gasteiger partial charge in [-0.05, 0) is 114 Å². The van der Waals surface area contributed by atoms with Crippen LogP contribution in [0.2, 0.25) is 0 Å². The molecule has 4 heterocycles. The Morgan fingerprint density at radius 3 is 1.41 bits per heavy atom. The first-order chi connectivity index (χ1) is 33.6. The number of fused-ring (bicyclic) bond motifs is 5. The Hall–Kier alpha value is -8.95. The van der Waals surface area contributed by atoms with Gasteiger partial charge in [-0.3, -0.25) is 0 Å². The normalized spacial score (nSPS) is 11.5. The molecule has 0 spiro atoms. The molecule has 0 atom stereocenters. The van der Waals surface area contributed by atoms with Crippen LogP contribution in [0.4, 0.5) is 0 Å². The monoisotopic (exact) mass is 887 g/mol. The van der Waals surface area contributed by atoms with Gasteiger partial charge in [-0.1, -0.05) is 109 Å². The molecule has 12 aromatic rings. The molecule has 68 heavy (non-hydrogen) atoms. The lowest BCUT2D eigenvalue weighted by atomic mass is 9.91.